The first-order valence-corrected chi connectivity index (χ1v) is 13.7. The smallest absolute Gasteiger partial charge is 0.236 e. The second-order valence-corrected chi connectivity index (χ2v) is 10.3. The first-order chi connectivity index (χ1) is 19.9. The van der Waals surface area contributed by atoms with Gasteiger partial charge >= 0.3 is 0 Å². The van der Waals surface area contributed by atoms with Gasteiger partial charge in [0.1, 0.15) is 11.6 Å². The van der Waals surface area contributed by atoms with E-state index in [0.29, 0.717) is 49.1 Å². The van der Waals surface area contributed by atoms with E-state index in [4.69, 9.17) is 27.5 Å². The summed E-state index contributed by atoms with van der Waals surface area (Å²) in [6.07, 6.45) is 0.700. The minimum Gasteiger partial charge on any atom is -0.494 e. The predicted molar refractivity (Wildman–Crippen MR) is 160 cm³/mol. The van der Waals surface area contributed by atoms with E-state index in [0.717, 1.165) is 27.8 Å². The van der Waals surface area contributed by atoms with Crippen LogP contribution in [0, 0.1) is 11.2 Å². The van der Waals surface area contributed by atoms with Crippen LogP contribution in [0.15, 0.2) is 97.1 Å². The fraction of sp³-hybridized carbons (Fsp3) is 0.188. The Hall–Kier alpha value is -4.56. The molecule has 0 fully saturated rings. The van der Waals surface area contributed by atoms with Crippen LogP contribution < -0.4 is 21.0 Å². The van der Waals surface area contributed by atoms with E-state index in [1.165, 1.54) is 12.1 Å². The number of rotatable bonds is 12. The van der Waals surface area contributed by atoms with E-state index in [-0.39, 0.29) is 12.4 Å². The first kappa shape index (κ1) is 28.0. The number of amides is 1. The molecule has 210 valence electrons. The molecule has 0 atom stereocenters. The van der Waals surface area contributed by atoms with E-state index in [1.807, 2.05) is 62.6 Å². The van der Waals surface area contributed by atoms with Crippen LogP contribution in [0.5, 0.6) is 5.75 Å². The van der Waals surface area contributed by atoms with Crippen LogP contribution in [0.2, 0.25) is 5.02 Å². The van der Waals surface area contributed by atoms with Crippen molar-refractivity contribution in [3.8, 4) is 5.75 Å². The van der Waals surface area contributed by atoms with E-state index >= 15 is 0 Å². The van der Waals surface area contributed by atoms with Crippen molar-refractivity contribution in [2.24, 2.45) is 5.73 Å². The van der Waals surface area contributed by atoms with Crippen LogP contribution in [0.3, 0.4) is 0 Å². The van der Waals surface area contributed by atoms with Crippen LogP contribution in [0.25, 0.3) is 11.0 Å². The summed E-state index contributed by atoms with van der Waals surface area (Å²) in [4.78, 5) is 13.6. The number of nitrogens with one attached hydrogen (secondary N) is 1. The lowest BCUT2D eigenvalue weighted by atomic mass is 10.1. The number of ether oxygens (including phenoxy) is 1. The Balaban J connectivity index is 1.28. The number of primary amides is 1. The van der Waals surface area contributed by atoms with Gasteiger partial charge in [-0.1, -0.05) is 48.0 Å². The molecule has 0 aliphatic carbocycles. The maximum atomic E-state index is 13.1. The molecular weight excluding hydrogens is 541 g/mol. The fourth-order valence-electron chi connectivity index (χ4n) is 4.86. The molecule has 41 heavy (non-hydrogen) atoms. The highest BCUT2D eigenvalue weighted by Gasteiger charge is 2.13. The zero-order valence-corrected chi connectivity index (χ0v) is 23.2. The maximum absolute atomic E-state index is 13.1. The lowest BCUT2D eigenvalue weighted by molar-refractivity contribution is -0.116. The Labute approximate surface area is 242 Å². The summed E-state index contributed by atoms with van der Waals surface area (Å²) in [5.74, 6) is -0.0779. The van der Waals surface area contributed by atoms with Crippen molar-refractivity contribution < 1.29 is 13.9 Å². The number of anilines is 1. The Kier molecular flexibility index (Phi) is 8.70. The number of halogens is 2. The van der Waals surface area contributed by atoms with Gasteiger partial charge in [0.15, 0.2) is 0 Å². The van der Waals surface area contributed by atoms with Crippen LogP contribution in [-0.2, 0) is 24.4 Å². The van der Waals surface area contributed by atoms with E-state index in [9.17, 15) is 9.18 Å². The number of aromatic nitrogens is 2. The summed E-state index contributed by atoms with van der Waals surface area (Å²) in [6, 6.07) is 29.5. The molecule has 0 saturated carbocycles. The average molecular weight is 572 g/mol. The van der Waals surface area contributed by atoms with Crippen LogP contribution in [0.4, 0.5) is 10.1 Å². The molecular formula is C32H31ClFN5O2. The molecule has 0 spiro atoms. The highest BCUT2D eigenvalue weighted by atomic mass is 35.5. The van der Waals surface area contributed by atoms with Gasteiger partial charge in [0.05, 0.1) is 30.7 Å². The quantitative estimate of drug-likeness (QED) is 0.188. The van der Waals surface area contributed by atoms with Gasteiger partial charge in [-0.25, -0.2) is 4.39 Å². The standard InChI is InChI=1S/C32H31ClFN5O2/c33-25-10-14-27(15-11-25)37(22-31(35)40)20-23-6-8-24(9-7-23)21-39-30-5-2-1-4-29(30)38(32(39)36)18-3-19-41-28-16-12-26(34)13-17-28/h1-2,4-17,36H,3,18-22H2,(H2,35,40). The lowest BCUT2D eigenvalue weighted by Gasteiger charge is -2.23. The summed E-state index contributed by atoms with van der Waals surface area (Å²) in [5.41, 5.74) is 10.8. The summed E-state index contributed by atoms with van der Waals surface area (Å²) in [6.45, 7) is 2.23. The Morgan fingerprint density at radius 1 is 0.878 bits per heavy atom. The molecule has 1 heterocycles. The zero-order valence-electron chi connectivity index (χ0n) is 22.5. The molecule has 0 aliphatic rings. The highest BCUT2D eigenvalue weighted by molar-refractivity contribution is 6.30. The first-order valence-electron chi connectivity index (χ1n) is 13.3. The number of benzene rings is 4. The predicted octanol–water partition coefficient (Wildman–Crippen LogP) is 5.72. The molecule has 0 aliphatic heterocycles. The number of nitrogens with two attached hydrogens (primary N) is 1. The maximum Gasteiger partial charge on any atom is 0.236 e. The third kappa shape index (κ3) is 6.96. The molecule has 5 rings (SSSR count). The van der Waals surface area contributed by atoms with Gasteiger partial charge in [-0.15, -0.1) is 0 Å². The molecule has 4 aromatic carbocycles. The van der Waals surface area contributed by atoms with Gasteiger partial charge in [-0.05, 0) is 78.2 Å². The molecule has 1 amide bonds. The molecule has 9 heteroatoms. The van der Waals surface area contributed by atoms with E-state index in [1.54, 1.807) is 24.3 Å². The molecule has 1 aromatic heterocycles. The minimum atomic E-state index is -0.408. The van der Waals surface area contributed by atoms with Crippen molar-refractivity contribution in [3.05, 3.63) is 125 Å². The molecule has 5 aromatic rings. The van der Waals surface area contributed by atoms with Gasteiger partial charge in [0.25, 0.3) is 0 Å². The number of para-hydroxylation sites is 2. The zero-order chi connectivity index (χ0) is 28.8. The van der Waals surface area contributed by atoms with Crippen molar-refractivity contribution in [2.75, 3.05) is 18.1 Å². The van der Waals surface area contributed by atoms with Crippen LogP contribution >= 0.6 is 11.6 Å². The summed E-state index contributed by atoms with van der Waals surface area (Å²) in [5, 5.41) is 9.57. The van der Waals surface area contributed by atoms with Gasteiger partial charge < -0.3 is 24.5 Å². The summed E-state index contributed by atoms with van der Waals surface area (Å²) >= 11 is 6.03. The molecule has 0 unspecified atom stereocenters. The normalized spacial score (nSPS) is 11.1. The van der Waals surface area contributed by atoms with Gasteiger partial charge in [-0.2, -0.15) is 0 Å². The van der Waals surface area contributed by atoms with E-state index in [2.05, 4.69) is 12.1 Å². The molecule has 0 bridgehead atoms. The van der Waals surface area contributed by atoms with Crippen LogP contribution in [0.1, 0.15) is 17.5 Å². The van der Waals surface area contributed by atoms with Gasteiger partial charge in [-0.3, -0.25) is 10.2 Å². The van der Waals surface area contributed by atoms with Crippen LogP contribution in [-0.4, -0.2) is 28.2 Å². The van der Waals surface area contributed by atoms with Crippen molar-refractivity contribution in [1.82, 2.24) is 9.13 Å². The molecule has 3 N–H and O–H groups in total. The minimum absolute atomic E-state index is 0.0931. The third-order valence-electron chi connectivity index (χ3n) is 6.86. The molecule has 7 nitrogen and oxygen atoms in total. The second kappa shape index (κ2) is 12.7. The SMILES string of the molecule is N=c1n(CCCOc2ccc(F)cc2)c2ccccc2n1Cc1ccc(CN(CC(N)=O)c2ccc(Cl)cc2)cc1. The number of carbonyl (C=O) groups is 1. The topological polar surface area (TPSA) is 89.3 Å². The molecule has 0 saturated heterocycles. The number of hydrogen-bond acceptors (Lipinski definition) is 4. The Morgan fingerprint density at radius 3 is 2.17 bits per heavy atom. The van der Waals surface area contributed by atoms with Crippen molar-refractivity contribution in [1.29, 1.82) is 5.41 Å². The van der Waals surface area contributed by atoms with Crippen molar-refractivity contribution in [3.63, 3.8) is 0 Å². The Morgan fingerprint density at radius 2 is 1.51 bits per heavy atom. The summed E-state index contributed by atoms with van der Waals surface area (Å²) in [7, 11) is 0. The lowest BCUT2D eigenvalue weighted by Crippen LogP contribution is -2.33. The highest BCUT2D eigenvalue weighted by Crippen LogP contribution is 2.21. The fourth-order valence-corrected chi connectivity index (χ4v) is 4.98. The van der Waals surface area contributed by atoms with Crippen molar-refractivity contribution >= 4 is 34.2 Å². The van der Waals surface area contributed by atoms with E-state index < -0.39 is 5.91 Å². The number of aryl methyl sites for hydroxylation is 1. The number of nitrogens with zero attached hydrogens (tertiary/aromatic N) is 3. The number of carbonyl (C=O) groups excluding carboxylic acids is 1. The number of fused-ring (bicyclic) bond motifs is 1. The van der Waals surface area contributed by atoms with Crippen molar-refractivity contribution in [2.45, 2.75) is 26.1 Å². The average Bonchev–Trinajstić information content (AvgIpc) is 3.23. The third-order valence-corrected chi connectivity index (χ3v) is 7.11. The molecule has 0 radical (unpaired) electrons. The second-order valence-electron chi connectivity index (χ2n) is 9.82. The van der Waals surface area contributed by atoms with Gasteiger partial charge in [0, 0.05) is 23.8 Å². The number of imidazole rings is 1. The number of hydrogen-bond donors (Lipinski definition) is 2. The van der Waals surface area contributed by atoms with Gasteiger partial charge in [0.2, 0.25) is 11.5 Å². The monoisotopic (exact) mass is 571 g/mol. The summed E-state index contributed by atoms with van der Waals surface area (Å²) < 4.78 is 22.9. The Bertz CT molecular complexity index is 1680. The largest absolute Gasteiger partial charge is 0.494 e.